The summed E-state index contributed by atoms with van der Waals surface area (Å²) in [5, 5.41) is 9.25. The molecule has 0 aromatic rings. The van der Waals surface area contributed by atoms with Crippen LogP contribution in [0.4, 0.5) is 4.79 Å². The maximum absolute atomic E-state index is 12.6. The molecule has 1 atom stereocenters. The molecule has 120 valence electrons. The number of hydrogen-bond donors (Lipinski definition) is 1. The second-order valence-electron chi connectivity index (χ2n) is 6.84. The van der Waals surface area contributed by atoms with E-state index in [-0.39, 0.29) is 6.03 Å². The van der Waals surface area contributed by atoms with Gasteiger partial charge < -0.3 is 19.8 Å². The lowest BCUT2D eigenvalue weighted by Crippen LogP contribution is -2.54. The standard InChI is InChI=1S/C15H27N3O3/c1-15(13(19)20)6-9-17(10-7-15)14(21)18-8-4-5-12(11-18)16(2)3/h12H,4-11H2,1-3H3,(H,19,20). The molecule has 6 heteroatoms. The van der Waals surface area contributed by atoms with Gasteiger partial charge in [0.15, 0.2) is 0 Å². The van der Waals surface area contributed by atoms with Crippen LogP contribution in [0, 0.1) is 5.41 Å². The number of rotatable bonds is 2. The smallest absolute Gasteiger partial charge is 0.320 e. The van der Waals surface area contributed by atoms with Gasteiger partial charge in [0, 0.05) is 32.2 Å². The van der Waals surface area contributed by atoms with Crippen LogP contribution in [0.5, 0.6) is 0 Å². The molecular weight excluding hydrogens is 270 g/mol. The van der Waals surface area contributed by atoms with Crippen molar-refractivity contribution in [1.29, 1.82) is 0 Å². The van der Waals surface area contributed by atoms with Crippen LogP contribution in [0.2, 0.25) is 0 Å². The Morgan fingerprint density at radius 1 is 1.14 bits per heavy atom. The topological polar surface area (TPSA) is 64.1 Å². The minimum atomic E-state index is -0.750. The highest BCUT2D eigenvalue weighted by molar-refractivity contribution is 5.77. The van der Waals surface area contributed by atoms with Crippen LogP contribution in [0.25, 0.3) is 0 Å². The fourth-order valence-electron chi connectivity index (χ4n) is 3.16. The van der Waals surface area contributed by atoms with E-state index in [4.69, 9.17) is 0 Å². The molecule has 0 spiro atoms. The molecule has 2 aliphatic heterocycles. The predicted molar refractivity (Wildman–Crippen MR) is 80.2 cm³/mol. The minimum Gasteiger partial charge on any atom is -0.481 e. The molecule has 0 aromatic heterocycles. The number of hydrogen-bond acceptors (Lipinski definition) is 3. The number of carbonyl (C=O) groups excluding carboxylic acids is 1. The Balaban J connectivity index is 1.91. The summed E-state index contributed by atoms with van der Waals surface area (Å²) in [6.07, 6.45) is 3.25. The molecule has 2 saturated heterocycles. The Bertz CT molecular complexity index is 403. The molecule has 0 bridgehead atoms. The van der Waals surface area contributed by atoms with Gasteiger partial charge in [-0.3, -0.25) is 4.79 Å². The van der Waals surface area contributed by atoms with E-state index in [0.29, 0.717) is 32.0 Å². The van der Waals surface area contributed by atoms with Crippen molar-refractivity contribution in [3.63, 3.8) is 0 Å². The monoisotopic (exact) mass is 297 g/mol. The van der Waals surface area contributed by atoms with Crippen molar-refractivity contribution in [2.24, 2.45) is 5.41 Å². The lowest BCUT2D eigenvalue weighted by Gasteiger charge is -2.42. The van der Waals surface area contributed by atoms with Gasteiger partial charge in [-0.25, -0.2) is 4.79 Å². The highest BCUT2D eigenvalue weighted by Gasteiger charge is 2.39. The zero-order valence-electron chi connectivity index (χ0n) is 13.3. The average molecular weight is 297 g/mol. The summed E-state index contributed by atoms with van der Waals surface area (Å²) in [4.78, 5) is 29.8. The van der Waals surface area contributed by atoms with E-state index in [2.05, 4.69) is 19.0 Å². The lowest BCUT2D eigenvalue weighted by atomic mass is 9.80. The first kappa shape index (κ1) is 16.1. The van der Waals surface area contributed by atoms with Crippen LogP contribution in [0.1, 0.15) is 32.6 Å². The van der Waals surface area contributed by atoms with E-state index in [0.717, 1.165) is 25.9 Å². The van der Waals surface area contributed by atoms with Crippen molar-refractivity contribution in [3.05, 3.63) is 0 Å². The predicted octanol–water partition coefficient (Wildman–Crippen LogP) is 1.32. The quantitative estimate of drug-likeness (QED) is 0.835. The summed E-state index contributed by atoms with van der Waals surface area (Å²) in [6.45, 7) is 4.46. The van der Waals surface area contributed by atoms with Crippen LogP contribution in [-0.2, 0) is 4.79 Å². The molecular formula is C15H27N3O3. The maximum atomic E-state index is 12.6. The molecule has 2 fully saturated rings. The van der Waals surface area contributed by atoms with Crippen molar-refractivity contribution >= 4 is 12.0 Å². The number of carbonyl (C=O) groups is 2. The van der Waals surface area contributed by atoms with Gasteiger partial charge in [0.2, 0.25) is 0 Å². The molecule has 1 N–H and O–H groups in total. The first-order chi connectivity index (χ1) is 9.83. The lowest BCUT2D eigenvalue weighted by molar-refractivity contribution is -0.150. The average Bonchev–Trinajstić information content (AvgIpc) is 2.47. The van der Waals surface area contributed by atoms with E-state index < -0.39 is 11.4 Å². The van der Waals surface area contributed by atoms with Crippen LogP contribution >= 0.6 is 0 Å². The normalized spacial score (nSPS) is 26.0. The molecule has 1 unspecified atom stereocenters. The molecule has 0 saturated carbocycles. The first-order valence-corrected chi connectivity index (χ1v) is 7.77. The first-order valence-electron chi connectivity index (χ1n) is 7.77. The van der Waals surface area contributed by atoms with Crippen molar-refractivity contribution < 1.29 is 14.7 Å². The number of carboxylic acids is 1. The highest BCUT2D eigenvalue weighted by Crippen LogP contribution is 2.31. The van der Waals surface area contributed by atoms with Crippen molar-refractivity contribution in [2.75, 3.05) is 40.3 Å². The summed E-state index contributed by atoms with van der Waals surface area (Å²) in [5.74, 6) is -0.750. The number of likely N-dealkylation sites (N-methyl/N-ethyl adjacent to an activating group) is 1. The summed E-state index contributed by atoms with van der Waals surface area (Å²) < 4.78 is 0. The molecule has 21 heavy (non-hydrogen) atoms. The van der Waals surface area contributed by atoms with Crippen molar-refractivity contribution in [1.82, 2.24) is 14.7 Å². The molecule has 2 aliphatic rings. The van der Waals surface area contributed by atoms with Gasteiger partial charge in [0.25, 0.3) is 0 Å². The summed E-state index contributed by atoms with van der Waals surface area (Å²) in [7, 11) is 4.11. The molecule has 0 aromatic carbocycles. The zero-order chi connectivity index (χ0) is 15.6. The van der Waals surface area contributed by atoms with E-state index in [1.807, 2.05) is 9.80 Å². The van der Waals surface area contributed by atoms with Gasteiger partial charge in [-0.1, -0.05) is 0 Å². The molecule has 2 heterocycles. The Kier molecular flexibility index (Phi) is 4.76. The molecule has 2 rings (SSSR count). The number of likely N-dealkylation sites (tertiary alicyclic amines) is 2. The summed E-state index contributed by atoms with van der Waals surface area (Å²) >= 11 is 0. The highest BCUT2D eigenvalue weighted by atomic mass is 16.4. The Labute approximate surface area is 126 Å². The minimum absolute atomic E-state index is 0.0778. The number of nitrogens with zero attached hydrogens (tertiary/aromatic N) is 3. The van der Waals surface area contributed by atoms with Gasteiger partial charge >= 0.3 is 12.0 Å². The van der Waals surface area contributed by atoms with Crippen LogP contribution < -0.4 is 0 Å². The van der Waals surface area contributed by atoms with Gasteiger partial charge in [-0.2, -0.15) is 0 Å². The van der Waals surface area contributed by atoms with Gasteiger partial charge in [0.05, 0.1) is 5.41 Å². The number of carboxylic acid groups (broad SMARTS) is 1. The van der Waals surface area contributed by atoms with E-state index in [1.165, 1.54) is 0 Å². The van der Waals surface area contributed by atoms with Crippen LogP contribution in [0.15, 0.2) is 0 Å². The fourth-order valence-corrected chi connectivity index (χ4v) is 3.16. The van der Waals surface area contributed by atoms with E-state index in [9.17, 15) is 14.7 Å². The third-order valence-electron chi connectivity index (χ3n) is 5.05. The third-order valence-corrected chi connectivity index (χ3v) is 5.05. The molecule has 6 nitrogen and oxygen atoms in total. The Hall–Kier alpha value is -1.30. The molecule has 2 amide bonds. The van der Waals surface area contributed by atoms with E-state index >= 15 is 0 Å². The third kappa shape index (κ3) is 3.48. The molecule has 0 radical (unpaired) electrons. The second-order valence-corrected chi connectivity index (χ2v) is 6.84. The van der Waals surface area contributed by atoms with Gasteiger partial charge in [0.1, 0.15) is 0 Å². The zero-order valence-corrected chi connectivity index (χ0v) is 13.3. The Morgan fingerprint density at radius 2 is 1.76 bits per heavy atom. The second kappa shape index (κ2) is 6.22. The SMILES string of the molecule is CN(C)C1CCCN(C(=O)N2CCC(C)(C(=O)O)CC2)C1. The maximum Gasteiger partial charge on any atom is 0.320 e. The largest absolute Gasteiger partial charge is 0.481 e. The van der Waals surface area contributed by atoms with Crippen molar-refractivity contribution in [2.45, 2.75) is 38.6 Å². The van der Waals surface area contributed by atoms with Gasteiger partial charge in [-0.05, 0) is 46.7 Å². The summed E-state index contributed by atoms with van der Waals surface area (Å²) in [5.41, 5.74) is -0.676. The molecule has 0 aliphatic carbocycles. The van der Waals surface area contributed by atoms with Crippen LogP contribution in [0.3, 0.4) is 0 Å². The van der Waals surface area contributed by atoms with E-state index in [1.54, 1.807) is 6.92 Å². The fraction of sp³-hybridized carbons (Fsp3) is 0.867. The van der Waals surface area contributed by atoms with Gasteiger partial charge in [-0.15, -0.1) is 0 Å². The number of amides is 2. The number of aliphatic carboxylic acids is 1. The number of urea groups is 1. The van der Waals surface area contributed by atoms with Crippen molar-refractivity contribution in [3.8, 4) is 0 Å². The summed E-state index contributed by atoms with van der Waals surface area (Å²) in [6, 6.07) is 0.505. The van der Waals surface area contributed by atoms with Crippen LogP contribution in [-0.4, -0.2) is 78.1 Å². The number of piperidine rings is 2. The Morgan fingerprint density at radius 3 is 2.29 bits per heavy atom.